The molecule has 39 heavy (non-hydrogen) atoms. The van der Waals surface area contributed by atoms with Crippen LogP contribution in [0.2, 0.25) is 0 Å². The van der Waals surface area contributed by atoms with Gasteiger partial charge < -0.3 is 10.1 Å². The zero-order chi connectivity index (χ0) is 27.8. The summed E-state index contributed by atoms with van der Waals surface area (Å²) >= 11 is 3.43. The summed E-state index contributed by atoms with van der Waals surface area (Å²) in [6, 6.07) is 20.7. The molecule has 1 aliphatic carbocycles. The largest absolute Gasteiger partial charge is 0.497 e. The smallest absolute Gasteiger partial charge is 0.299 e. The van der Waals surface area contributed by atoms with Crippen LogP contribution in [0.5, 0.6) is 5.75 Å². The number of nitrogens with zero attached hydrogens (tertiary/aromatic N) is 1. The average molecular weight is 590 g/mol. The molecule has 0 aliphatic heterocycles. The van der Waals surface area contributed by atoms with Gasteiger partial charge in [-0.1, -0.05) is 83.2 Å². The number of amides is 2. The van der Waals surface area contributed by atoms with Gasteiger partial charge in [0.25, 0.3) is 5.91 Å². The fourth-order valence-corrected chi connectivity index (χ4v) is 5.02. The highest BCUT2D eigenvalue weighted by Gasteiger charge is 2.36. The van der Waals surface area contributed by atoms with Crippen molar-refractivity contribution in [3.63, 3.8) is 0 Å². The fraction of sp³-hybridized carbons (Fsp3) is 0.281. The van der Waals surface area contributed by atoms with Gasteiger partial charge in [0.15, 0.2) is 0 Å². The molecule has 0 spiro atoms. The minimum atomic E-state index is -1.05. The van der Waals surface area contributed by atoms with E-state index in [4.69, 9.17) is 4.74 Å². The summed E-state index contributed by atoms with van der Waals surface area (Å²) in [5, 5.41) is 3.16. The number of benzene rings is 3. The van der Waals surface area contributed by atoms with Crippen LogP contribution in [0.1, 0.15) is 54.8 Å². The van der Waals surface area contributed by atoms with Crippen molar-refractivity contribution >= 4 is 45.3 Å². The lowest BCUT2D eigenvalue weighted by molar-refractivity contribution is -0.135. The maximum Gasteiger partial charge on any atom is 0.299 e. The van der Waals surface area contributed by atoms with Crippen molar-refractivity contribution in [3.05, 3.63) is 100 Å². The summed E-state index contributed by atoms with van der Waals surface area (Å²) in [6.45, 7) is 1.98. The van der Waals surface area contributed by atoms with Crippen LogP contribution in [-0.4, -0.2) is 30.7 Å². The van der Waals surface area contributed by atoms with E-state index in [9.17, 15) is 14.4 Å². The molecular weight excluding hydrogens is 556 g/mol. The van der Waals surface area contributed by atoms with Crippen LogP contribution in [0.4, 0.5) is 5.69 Å². The molecule has 0 bridgehead atoms. The summed E-state index contributed by atoms with van der Waals surface area (Å²) in [5.41, 5.74) is 2.93. The van der Waals surface area contributed by atoms with E-state index in [1.54, 1.807) is 61.7 Å². The monoisotopic (exact) mass is 588 g/mol. The first-order chi connectivity index (χ1) is 18.9. The zero-order valence-corrected chi connectivity index (χ0v) is 23.8. The van der Waals surface area contributed by atoms with Gasteiger partial charge in [0.05, 0.1) is 7.11 Å². The minimum Gasteiger partial charge on any atom is -0.497 e. The first kappa shape index (κ1) is 28.3. The Morgan fingerprint density at radius 3 is 2.18 bits per heavy atom. The first-order valence-corrected chi connectivity index (χ1v) is 14.0. The van der Waals surface area contributed by atoms with Gasteiger partial charge in [0, 0.05) is 16.2 Å². The Kier molecular flexibility index (Phi) is 9.71. The Morgan fingerprint density at radius 2 is 1.56 bits per heavy atom. The van der Waals surface area contributed by atoms with Crippen molar-refractivity contribution < 1.29 is 19.1 Å². The average Bonchev–Trinajstić information content (AvgIpc) is 2.96. The molecule has 0 aromatic heterocycles. The third-order valence-electron chi connectivity index (χ3n) is 6.93. The number of carbonyl (C=O) groups excluding carboxylic acids is 3. The maximum absolute atomic E-state index is 13.9. The number of methoxy groups -OCH3 is 1. The lowest BCUT2D eigenvalue weighted by Gasteiger charge is -2.33. The summed E-state index contributed by atoms with van der Waals surface area (Å²) in [5.74, 6) is -1.20. The van der Waals surface area contributed by atoms with Gasteiger partial charge >= 0.3 is 0 Å². The summed E-state index contributed by atoms with van der Waals surface area (Å²) in [4.78, 5) is 42.3. The number of ether oxygens (including phenoxy) is 1. The molecule has 1 atom stereocenters. The molecule has 0 saturated heterocycles. The van der Waals surface area contributed by atoms with E-state index in [1.807, 2.05) is 31.2 Å². The highest BCUT2D eigenvalue weighted by molar-refractivity contribution is 9.10. The number of halogens is 1. The van der Waals surface area contributed by atoms with Gasteiger partial charge in [-0.05, 0) is 73.4 Å². The van der Waals surface area contributed by atoms with Crippen LogP contribution in [0.3, 0.4) is 0 Å². The Labute approximate surface area is 238 Å². The van der Waals surface area contributed by atoms with Gasteiger partial charge in [-0.3, -0.25) is 19.3 Å². The Morgan fingerprint density at radius 1 is 0.923 bits per heavy atom. The van der Waals surface area contributed by atoms with E-state index in [-0.39, 0.29) is 11.9 Å². The first-order valence-electron chi connectivity index (χ1n) is 13.2. The van der Waals surface area contributed by atoms with E-state index in [0.717, 1.165) is 47.7 Å². The second-order valence-electron chi connectivity index (χ2n) is 9.78. The molecule has 3 aromatic rings. The van der Waals surface area contributed by atoms with E-state index in [0.29, 0.717) is 17.0 Å². The van der Waals surface area contributed by atoms with Crippen molar-refractivity contribution in [3.8, 4) is 5.75 Å². The highest BCUT2D eigenvalue weighted by atomic mass is 79.9. The number of rotatable bonds is 9. The van der Waals surface area contributed by atoms with Crippen LogP contribution in [0.25, 0.3) is 6.08 Å². The van der Waals surface area contributed by atoms with Gasteiger partial charge in [-0.15, -0.1) is 0 Å². The third-order valence-corrected chi connectivity index (χ3v) is 7.46. The number of hydrogen-bond acceptors (Lipinski definition) is 4. The molecule has 1 aliphatic rings. The SMILES string of the molecule is COc1ccc(C(C(=O)NC2CCCCC2)N(C(=O)C(=O)/C=C\c2ccc(C)cc2)c2ccc(Br)cc2)cc1. The molecule has 4 rings (SSSR count). The van der Waals surface area contributed by atoms with Gasteiger partial charge in [0.1, 0.15) is 11.8 Å². The Hall–Kier alpha value is -3.71. The Balaban J connectivity index is 1.73. The number of anilines is 1. The van der Waals surface area contributed by atoms with E-state index in [1.165, 1.54) is 11.0 Å². The van der Waals surface area contributed by atoms with Crippen molar-refractivity contribution in [2.24, 2.45) is 0 Å². The van der Waals surface area contributed by atoms with Crippen LogP contribution in [-0.2, 0) is 14.4 Å². The van der Waals surface area contributed by atoms with Crippen molar-refractivity contribution in [1.82, 2.24) is 5.32 Å². The van der Waals surface area contributed by atoms with E-state index < -0.39 is 17.7 Å². The van der Waals surface area contributed by atoms with Crippen LogP contribution < -0.4 is 15.0 Å². The van der Waals surface area contributed by atoms with Crippen LogP contribution in [0.15, 0.2) is 83.3 Å². The number of ketones is 1. The predicted molar refractivity (Wildman–Crippen MR) is 158 cm³/mol. The molecule has 1 unspecified atom stereocenters. The molecule has 3 aromatic carbocycles. The molecule has 202 valence electrons. The molecule has 7 heteroatoms. The molecule has 2 amide bonds. The second kappa shape index (κ2) is 13.4. The predicted octanol–water partition coefficient (Wildman–Crippen LogP) is 6.57. The molecule has 6 nitrogen and oxygen atoms in total. The topological polar surface area (TPSA) is 75.7 Å². The number of hydrogen-bond donors (Lipinski definition) is 1. The van der Waals surface area contributed by atoms with Crippen LogP contribution in [0, 0.1) is 6.92 Å². The molecule has 1 saturated carbocycles. The number of aryl methyl sites for hydroxylation is 1. The fourth-order valence-electron chi connectivity index (χ4n) is 4.76. The quantitative estimate of drug-likeness (QED) is 0.226. The lowest BCUT2D eigenvalue weighted by atomic mass is 9.94. The maximum atomic E-state index is 13.9. The zero-order valence-electron chi connectivity index (χ0n) is 22.2. The highest BCUT2D eigenvalue weighted by Crippen LogP contribution is 2.31. The van der Waals surface area contributed by atoms with Crippen molar-refractivity contribution in [1.29, 1.82) is 0 Å². The molecular formula is C32H33BrN2O4. The van der Waals surface area contributed by atoms with E-state index in [2.05, 4.69) is 21.2 Å². The lowest BCUT2D eigenvalue weighted by Crippen LogP contribution is -2.48. The van der Waals surface area contributed by atoms with Crippen molar-refractivity contribution in [2.45, 2.75) is 51.1 Å². The number of nitrogens with one attached hydrogen (secondary N) is 1. The Bertz CT molecular complexity index is 1310. The second-order valence-corrected chi connectivity index (χ2v) is 10.7. The van der Waals surface area contributed by atoms with Gasteiger partial charge in [-0.2, -0.15) is 0 Å². The van der Waals surface area contributed by atoms with E-state index >= 15 is 0 Å². The van der Waals surface area contributed by atoms with Gasteiger partial charge in [-0.25, -0.2) is 0 Å². The summed E-state index contributed by atoms with van der Waals surface area (Å²) in [7, 11) is 1.57. The summed E-state index contributed by atoms with van der Waals surface area (Å²) < 4.78 is 6.12. The minimum absolute atomic E-state index is 0.0333. The molecule has 0 heterocycles. The summed E-state index contributed by atoms with van der Waals surface area (Å²) in [6.07, 6.45) is 7.93. The van der Waals surface area contributed by atoms with Crippen molar-refractivity contribution in [2.75, 3.05) is 12.0 Å². The molecule has 1 N–H and O–H groups in total. The standard InChI is InChI=1S/C32H33BrN2O4/c1-22-8-10-23(11-9-22)12-21-29(36)32(38)35(27-17-15-25(33)16-18-27)30(24-13-19-28(39-2)20-14-24)31(37)34-26-6-4-3-5-7-26/h8-21,26,30H,3-7H2,1-2H3,(H,34,37)/b21-12-. The molecule has 0 radical (unpaired) electrons. The number of carbonyl (C=O) groups is 3. The third kappa shape index (κ3) is 7.45. The van der Waals surface area contributed by atoms with Gasteiger partial charge in [0.2, 0.25) is 11.7 Å². The normalized spacial score (nSPS) is 14.5. The molecule has 1 fully saturated rings. The van der Waals surface area contributed by atoms with Crippen LogP contribution >= 0.6 is 15.9 Å².